The first-order valence-corrected chi connectivity index (χ1v) is 12.5. The maximum atomic E-state index is 10.8. The van der Waals surface area contributed by atoms with Crippen LogP contribution in [0.1, 0.15) is 62.3 Å². The van der Waals surface area contributed by atoms with Gasteiger partial charge in [-0.2, -0.15) is 0 Å². The molecule has 2 aromatic carbocycles. The van der Waals surface area contributed by atoms with Crippen LogP contribution in [0.5, 0.6) is 0 Å². The molecule has 0 aliphatic rings. The molecule has 0 saturated carbocycles. The monoisotopic (exact) mass is 484 g/mol. The van der Waals surface area contributed by atoms with Crippen LogP contribution in [0.3, 0.4) is 0 Å². The second kappa shape index (κ2) is 14.7. The van der Waals surface area contributed by atoms with Crippen molar-refractivity contribution < 1.29 is 30.3 Å². The van der Waals surface area contributed by atoms with E-state index in [9.17, 15) is 25.5 Å². The van der Waals surface area contributed by atoms with Gasteiger partial charge in [-0.15, -0.1) is 0 Å². The van der Waals surface area contributed by atoms with Crippen molar-refractivity contribution in [1.29, 1.82) is 0 Å². The predicted octanol–water partition coefficient (Wildman–Crippen LogP) is 4.40. The van der Waals surface area contributed by atoms with Crippen LogP contribution >= 0.6 is 0 Å². The van der Waals surface area contributed by atoms with Crippen molar-refractivity contribution in [2.75, 3.05) is 6.61 Å². The number of hydrogen-bond acceptors (Lipinski definition) is 6. The fourth-order valence-corrected chi connectivity index (χ4v) is 3.71. The highest BCUT2D eigenvalue weighted by atomic mass is 16.5. The largest absolute Gasteiger partial charge is 0.509 e. The minimum atomic E-state index is -1.85. The molecule has 2 rings (SSSR count). The Balaban J connectivity index is 2.16. The molecule has 2 aromatic rings. The molecule has 192 valence electrons. The van der Waals surface area contributed by atoms with Gasteiger partial charge in [0.1, 0.15) is 35.9 Å². The van der Waals surface area contributed by atoms with Gasteiger partial charge in [-0.05, 0) is 53.7 Å². The van der Waals surface area contributed by atoms with Gasteiger partial charge in [0.2, 0.25) is 0 Å². The van der Waals surface area contributed by atoms with E-state index in [-0.39, 0.29) is 5.76 Å². The molecule has 0 spiro atoms. The molecule has 0 heterocycles. The minimum Gasteiger partial charge on any atom is -0.509 e. The van der Waals surface area contributed by atoms with Gasteiger partial charge in [-0.25, -0.2) is 0 Å². The topological polar surface area (TPSA) is 110 Å². The molecule has 35 heavy (non-hydrogen) atoms. The summed E-state index contributed by atoms with van der Waals surface area (Å²) in [6.07, 6.45) is 0.534. The molecule has 0 fully saturated rings. The number of ether oxygens (including phenoxy) is 1. The minimum absolute atomic E-state index is 0.0730. The lowest BCUT2D eigenvalue weighted by atomic mass is 9.98. The Kier molecular flexibility index (Phi) is 12.0. The number of hydrogen-bond donors (Lipinski definition) is 5. The van der Waals surface area contributed by atoms with Crippen molar-refractivity contribution in [2.45, 2.75) is 77.3 Å². The summed E-state index contributed by atoms with van der Waals surface area (Å²) < 4.78 is 5.65. The van der Waals surface area contributed by atoms with Crippen molar-refractivity contribution in [2.24, 2.45) is 0 Å². The Morgan fingerprint density at radius 2 is 1.14 bits per heavy atom. The van der Waals surface area contributed by atoms with Gasteiger partial charge in [-0.1, -0.05) is 82.1 Å². The standard InChI is InChI=1S/C29H40O6/c1-4-7-20-9-13-22(14-10-20)18-24(30)26(31)28(33)29(34)27(32)25(35-17-6-3)19-23-15-11-21(8-5-2)12-16-23/h9-16,18-19,26-34H,4-8,17H2,1-3H3. The molecule has 6 nitrogen and oxygen atoms in total. The number of benzene rings is 2. The molecule has 0 amide bonds. The molecule has 0 radical (unpaired) electrons. The summed E-state index contributed by atoms with van der Waals surface area (Å²) in [5.74, 6) is -0.442. The zero-order valence-corrected chi connectivity index (χ0v) is 21.0. The Morgan fingerprint density at radius 3 is 1.60 bits per heavy atom. The fraction of sp³-hybridized carbons (Fsp3) is 0.448. The molecular formula is C29H40O6. The van der Waals surface area contributed by atoms with Crippen molar-refractivity contribution >= 4 is 12.2 Å². The average Bonchev–Trinajstić information content (AvgIpc) is 2.87. The van der Waals surface area contributed by atoms with E-state index >= 15 is 0 Å². The predicted molar refractivity (Wildman–Crippen MR) is 140 cm³/mol. The van der Waals surface area contributed by atoms with Crippen LogP contribution in [0.15, 0.2) is 60.0 Å². The lowest BCUT2D eigenvalue weighted by molar-refractivity contribution is -0.103. The lowest BCUT2D eigenvalue weighted by Gasteiger charge is -2.27. The summed E-state index contributed by atoms with van der Waals surface area (Å²) in [5.41, 5.74) is 3.77. The quantitative estimate of drug-likeness (QED) is 0.254. The summed E-state index contributed by atoms with van der Waals surface area (Å²) in [7, 11) is 0. The van der Waals surface area contributed by atoms with Crippen LogP contribution in [0.4, 0.5) is 0 Å². The van der Waals surface area contributed by atoms with Crippen LogP contribution in [0.2, 0.25) is 0 Å². The van der Waals surface area contributed by atoms with E-state index in [0.717, 1.165) is 36.8 Å². The van der Waals surface area contributed by atoms with Crippen molar-refractivity contribution in [3.05, 3.63) is 82.3 Å². The SMILES string of the molecule is CCCOC(=Cc1ccc(CCC)cc1)C(O)C(O)C(O)C(O)C(O)=Cc1ccc(CCC)cc1. The van der Waals surface area contributed by atoms with Crippen LogP contribution in [0, 0.1) is 0 Å². The van der Waals surface area contributed by atoms with E-state index in [0.29, 0.717) is 18.6 Å². The summed E-state index contributed by atoms with van der Waals surface area (Å²) in [5, 5.41) is 52.7. The third kappa shape index (κ3) is 8.82. The molecule has 0 aromatic heterocycles. The van der Waals surface area contributed by atoms with Crippen LogP contribution in [-0.4, -0.2) is 56.6 Å². The summed E-state index contributed by atoms with van der Waals surface area (Å²) in [6.45, 7) is 6.42. The molecule has 5 N–H and O–H groups in total. The van der Waals surface area contributed by atoms with Gasteiger partial charge >= 0.3 is 0 Å². The number of aliphatic hydroxyl groups is 5. The van der Waals surface area contributed by atoms with Crippen LogP contribution in [-0.2, 0) is 17.6 Å². The Morgan fingerprint density at radius 1 is 0.686 bits per heavy atom. The summed E-state index contributed by atoms with van der Waals surface area (Å²) >= 11 is 0. The second-order valence-corrected chi connectivity index (χ2v) is 8.82. The Labute approximate surface area is 208 Å². The van der Waals surface area contributed by atoms with E-state index in [4.69, 9.17) is 4.74 Å². The summed E-state index contributed by atoms with van der Waals surface area (Å²) in [6, 6.07) is 15.2. The number of rotatable bonds is 14. The Bertz CT molecular complexity index is 933. The van der Waals surface area contributed by atoms with E-state index in [1.807, 2.05) is 43.3 Å². The third-order valence-electron chi connectivity index (χ3n) is 5.72. The number of aliphatic hydroxyl groups excluding tert-OH is 5. The highest BCUT2D eigenvalue weighted by Gasteiger charge is 2.35. The highest BCUT2D eigenvalue weighted by molar-refractivity contribution is 5.54. The maximum absolute atomic E-state index is 10.8. The Hall–Kier alpha value is -2.64. The zero-order chi connectivity index (χ0) is 25.8. The van der Waals surface area contributed by atoms with E-state index in [2.05, 4.69) is 13.8 Å². The maximum Gasteiger partial charge on any atom is 0.139 e. The van der Waals surface area contributed by atoms with Gasteiger partial charge < -0.3 is 30.3 Å². The molecule has 4 unspecified atom stereocenters. The second-order valence-electron chi connectivity index (χ2n) is 8.82. The molecule has 0 aliphatic carbocycles. The highest BCUT2D eigenvalue weighted by Crippen LogP contribution is 2.21. The average molecular weight is 485 g/mol. The van der Waals surface area contributed by atoms with Gasteiger partial charge in [0.25, 0.3) is 0 Å². The van der Waals surface area contributed by atoms with Gasteiger partial charge in [-0.3, -0.25) is 0 Å². The molecule has 0 saturated heterocycles. The van der Waals surface area contributed by atoms with Crippen molar-refractivity contribution in [3.8, 4) is 0 Å². The first kappa shape index (κ1) is 28.6. The van der Waals surface area contributed by atoms with E-state index in [1.54, 1.807) is 18.2 Å². The third-order valence-corrected chi connectivity index (χ3v) is 5.72. The van der Waals surface area contributed by atoms with Crippen LogP contribution < -0.4 is 0 Å². The van der Waals surface area contributed by atoms with E-state index in [1.165, 1.54) is 11.6 Å². The zero-order valence-electron chi connectivity index (χ0n) is 21.0. The first-order chi connectivity index (χ1) is 16.8. The molecule has 0 aliphatic heterocycles. The normalized spacial score (nSPS) is 16.0. The molecule has 6 heteroatoms. The van der Waals surface area contributed by atoms with Gasteiger partial charge in [0.15, 0.2) is 0 Å². The van der Waals surface area contributed by atoms with Gasteiger partial charge in [0, 0.05) is 0 Å². The van der Waals surface area contributed by atoms with Gasteiger partial charge in [0.05, 0.1) is 6.61 Å². The van der Waals surface area contributed by atoms with Crippen molar-refractivity contribution in [3.63, 3.8) is 0 Å². The van der Waals surface area contributed by atoms with Crippen LogP contribution in [0.25, 0.3) is 12.2 Å². The van der Waals surface area contributed by atoms with Crippen molar-refractivity contribution in [1.82, 2.24) is 0 Å². The number of aryl methyl sites for hydroxylation is 2. The fourth-order valence-electron chi connectivity index (χ4n) is 3.71. The smallest absolute Gasteiger partial charge is 0.139 e. The van der Waals surface area contributed by atoms with E-state index < -0.39 is 30.2 Å². The molecule has 4 atom stereocenters. The molecular weight excluding hydrogens is 444 g/mol. The lowest BCUT2D eigenvalue weighted by Crippen LogP contribution is -2.46. The molecule has 0 bridgehead atoms. The summed E-state index contributed by atoms with van der Waals surface area (Å²) in [4.78, 5) is 0. The first-order valence-electron chi connectivity index (χ1n) is 12.5.